The molecular weight excluding hydrogens is 228 g/mol. The topological polar surface area (TPSA) is 75.2 Å². The van der Waals surface area contributed by atoms with Crippen LogP contribution in [0.25, 0.3) is 0 Å². The maximum atomic E-state index is 7.29. The van der Waals surface area contributed by atoms with Crippen molar-refractivity contribution in [2.45, 2.75) is 19.9 Å². The van der Waals surface area contributed by atoms with Crippen molar-refractivity contribution in [1.29, 1.82) is 5.41 Å². The van der Waals surface area contributed by atoms with Crippen LogP contribution in [0.1, 0.15) is 17.5 Å². The molecule has 18 heavy (non-hydrogen) atoms. The standard InChI is InChI=1S/C13H22N4O/c1-11-7-12(9-16-8-11)10-17(5-6-18-2)4-3-13(14)15/h7-9H,3-6,10H2,1-2H3,(H3,14,15). The van der Waals surface area contributed by atoms with E-state index in [4.69, 9.17) is 15.9 Å². The van der Waals surface area contributed by atoms with Crippen LogP contribution in [0.4, 0.5) is 0 Å². The minimum Gasteiger partial charge on any atom is -0.388 e. The van der Waals surface area contributed by atoms with Crippen LogP contribution in [0, 0.1) is 12.3 Å². The molecule has 0 unspecified atom stereocenters. The Morgan fingerprint density at radius 3 is 2.83 bits per heavy atom. The monoisotopic (exact) mass is 250 g/mol. The Bertz CT molecular complexity index is 381. The number of aryl methyl sites for hydroxylation is 1. The number of nitrogens with two attached hydrogens (primary N) is 1. The summed E-state index contributed by atoms with van der Waals surface area (Å²) in [6.45, 7) is 5.12. The van der Waals surface area contributed by atoms with Crippen LogP contribution >= 0.6 is 0 Å². The molecule has 0 saturated carbocycles. The van der Waals surface area contributed by atoms with Gasteiger partial charge in [0.2, 0.25) is 0 Å². The molecule has 3 N–H and O–H groups in total. The van der Waals surface area contributed by atoms with Crippen LogP contribution in [0.15, 0.2) is 18.5 Å². The maximum Gasteiger partial charge on any atom is 0.0918 e. The van der Waals surface area contributed by atoms with E-state index >= 15 is 0 Å². The summed E-state index contributed by atoms with van der Waals surface area (Å²) in [4.78, 5) is 6.41. The fourth-order valence-electron chi connectivity index (χ4n) is 1.73. The van der Waals surface area contributed by atoms with Crippen molar-refractivity contribution in [3.05, 3.63) is 29.6 Å². The number of ether oxygens (including phenoxy) is 1. The van der Waals surface area contributed by atoms with E-state index in [0.29, 0.717) is 13.0 Å². The zero-order valence-corrected chi connectivity index (χ0v) is 11.1. The predicted octanol–water partition coefficient (Wildman–Crippen LogP) is 1.16. The van der Waals surface area contributed by atoms with Gasteiger partial charge in [-0.25, -0.2) is 0 Å². The van der Waals surface area contributed by atoms with Gasteiger partial charge < -0.3 is 10.5 Å². The molecule has 0 aliphatic heterocycles. The molecule has 0 aliphatic rings. The molecule has 1 aromatic heterocycles. The van der Waals surface area contributed by atoms with Gasteiger partial charge in [0, 0.05) is 45.6 Å². The SMILES string of the molecule is COCCN(CCC(=N)N)Cc1cncc(C)c1. The third-order valence-corrected chi connectivity index (χ3v) is 2.65. The first-order valence-electron chi connectivity index (χ1n) is 6.06. The number of methoxy groups -OCH3 is 1. The number of amidine groups is 1. The molecule has 0 fully saturated rings. The van der Waals surface area contributed by atoms with E-state index in [9.17, 15) is 0 Å². The van der Waals surface area contributed by atoms with Gasteiger partial charge in [0.1, 0.15) is 0 Å². The van der Waals surface area contributed by atoms with Crippen molar-refractivity contribution in [2.75, 3.05) is 26.8 Å². The van der Waals surface area contributed by atoms with E-state index in [1.165, 1.54) is 5.56 Å². The van der Waals surface area contributed by atoms with Gasteiger partial charge in [-0.15, -0.1) is 0 Å². The molecule has 1 rings (SSSR count). The highest BCUT2D eigenvalue weighted by atomic mass is 16.5. The first kappa shape index (κ1) is 14.6. The lowest BCUT2D eigenvalue weighted by Crippen LogP contribution is -2.30. The number of nitrogens with zero attached hydrogens (tertiary/aromatic N) is 2. The number of hydrogen-bond acceptors (Lipinski definition) is 4. The van der Waals surface area contributed by atoms with Crippen molar-refractivity contribution in [1.82, 2.24) is 9.88 Å². The molecule has 0 aliphatic carbocycles. The average Bonchev–Trinajstić information content (AvgIpc) is 2.32. The van der Waals surface area contributed by atoms with Crippen molar-refractivity contribution < 1.29 is 4.74 Å². The van der Waals surface area contributed by atoms with Gasteiger partial charge >= 0.3 is 0 Å². The van der Waals surface area contributed by atoms with Gasteiger partial charge in [0.25, 0.3) is 0 Å². The molecule has 0 atom stereocenters. The molecule has 0 bridgehead atoms. The minimum atomic E-state index is 0.222. The zero-order chi connectivity index (χ0) is 13.4. The summed E-state index contributed by atoms with van der Waals surface area (Å²) in [5, 5.41) is 7.29. The Balaban J connectivity index is 2.56. The number of hydrogen-bond donors (Lipinski definition) is 2. The molecule has 1 aromatic rings. The second-order valence-electron chi connectivity index (χ2n) is 4.41. The van der Waals surface area contributed by atoms with Crippen LogP contribution in [0.2, 0.25) is 0 Å². The first-order chi connectivity index (χ1) is 8.61. The summed E-state index contributed by atoms with van der Waals surface area (Å²) in [5.74, 6) is 0.222. The van der Waals surface area contributed by atoms with E-state index in [1.54, 1.807) is 7.11 Å². The quantitative estimate of drug-likeness (QED) is 0.536. The Morgan fingerprint density at radius 1 is 1.44 bits per heavy atom. The van der Waals surface area contributed by atoms with Gasteiger partial charge in [-0.2, -0.15) is 0 Å². The largest absolute Gasteiger partial charge is 0.388 e. The van der Waals surface area contributed by atoms with E-state index in [-0.39, 0.29) is 5.84 Å². The normalized spacial score (nSPS) is 10.8. The molecular formula is C13H22N4O. The summed E-state index contributed by atoms with van der Waals surface area (Å²) < 4.78 is 5.10. The second-order valence-corrected chi connectivity index (χ2v) is 4.41. The van der Waals surface area contributed by atoms with Crippen LogP contribution in [-0.4, -0.2) is 42.5 Å². The van der Waals surface area contributed by atoms with Gasteiger partial charge in [-0.05, 0) is 18.1 Å². The first-order valence-corrected chi connectivity index (χ1v) is 6.06. The third-order valence-electron chi connectivity index (χ3n) is 2.65. The Hall–Kier alpha value is -1.46. The summed E-state index contributed by atoms with van der Waals surface area (Å²) in [6.07, 6.45) is 4.31. The van der Waals surface area contributed by atoms with Crippen LogP contribution in [0.5, 0.6) is 0 Å². The number of nitrogens with one attached hydrogen (secondary N) is 1. The summed E-state index contributed by atoms with van der Waals surface area (Å²) >= 11 is 0. The lowest BCUT2D eigenvalue weighted by Gasteiger charge is -2.21. The highest BCUT2D eigenvalue weighted by Gasteiger charge is 2.07. The zero-order valence-electron chi connectivity index (χ0n) is 11.1. The molecule has 5 nitrogen and oxygen atoms in total. The lowest BCUT2D eigenvalue weighted by atomic mass is 10.2. The predicted molar refractivity (Wildman–Crippen MR) is 72.7 cm³/mol. The van der Waals surface area contributed by atoms with E-state index < -0.39 is 0 Å². The highest BCUT2D eigenvalue weighted by molar-refractivity contribution is 5.76. The van der Waals surface area contributed by atoms with Gasteiger partial charge in [0.15, 0.2) is 0 Å². The molecule has 0 saturated heterocycles. The number of pyridine rings is 1. The van der Waals surface area contributed by atoms with Crippen molar-refractivity contribution in [2.24, 2.45) is 5.73 Å². The molecule has 0 radical (unpaired) electrons. The van der Waals surface area contributed by atoms with Crippen LogP contribution in [-0.2, 0) is 11.3 Å². The minimum absolute atomic E-state index is 0.222. The van der Waals surface area contributed by atoms with E-state index in [0.717, 1.165) is 25.2 Å². The van der Waals surface area contributed by atoms with Crippen LogP contribution in [0.3, 0.4) is 0 Å². The summed E-state index contributed by atoms with van der Waals surface area (Å²) in [6, 6.07) is 2.13. The van der Waals surface area contributed by atoms with E-state index in [1.807, 2.05) is 19.3 Å². The third kappa shape index (κ3) is 5.75. The molecule has 0 aromatic carbocycles. The molecule has 100 valence electrons. The molecule has 0 amide bonds. The lowest BCUT2D eigenvalue weighted by molar-refractivity contribution is 0.145. The number of aromatic nitrogens is 1. The maximum absolute atomic E-state index is 7.29. The van der Waals surface area contributed by atoms with Crippen molar-refractivity contribution >= 4 is 5.84 Å². The van der Waals surface area contributed by atoms with Crippen molar-refractivity contribution in [3.8, 4) is 0 Å². The average molecular weight is 250 g/mol. The summed E-state index contributed by atoms with van der Waals surface area (Å²) in [5.41, 5.74) is 7.73. The van der Waals surface area contributed by atoms with Gasteiger partial charge in [-0.1, -0.05) is 6.07 Å². The Kier molecular flexibility index (Phi) is 6.32. The second kappa shape index (κ2) is 7.79. The fourth-order valence-corrected chi connectivity index (χ4v) is 1.73. The van der Waals surface area contributed by atoms with Gasteiger partial charge in [-0.3, -0.25) is 15.3 Å². The van der Waals surface area contributed by atoms with Crippen LogP contribution < -0.4 is 5.73 Å². The molecule has 5 heteroatoms. The summed E-state index contributed by atoms with van der Waals surface area (Å²) in [7, 11) is 1.69. The Labute approximate surface area is 108 Å². The number of rotatable bonds is 8. The fraction of sp³-hybridized carbons (Fsp3) is 0.538. The highest BCUT2D eigenvalue weighted by Crippen LogP contribution is 2.06. The Morgan fingerprint density at radius 2 is 2.22 bits per heavy atom. The van der Waals surface area contributed by atoms with Gasteiger partial charge in [0.05, 0.1) is 12.4 Å². The van der Waals surface area contributed by atoms with E-state index in [2.05, 4.69) is 16.0 Å². The molecule has 1 heterocycles. The van der Waals surface area contributed by atoms with Crippen molar-refractivity contribution in [3.63, 3.8) is 0 Å². The molecule has 0 spiro atoms. The smallest absolute Gasteiger partial charge is 0.0918 e.